The number of carbonyl (C=O) groups is 2. The van der Waals surface area contributed by atoms with Crippen LogP contribution in [-0.4, -0.2) is 75.6 Å². The number of nitrogens with zero attached hydrogens (tertiary/aromatic N) is 1. The third kappa shape index (κ3) is 10.4. The van der Waals surface area contributed by atoms with E-state index in [-0.39, 0.29) is 37.5 Å². The molecule has 2 saturated carbocycles. The van der Waals surface area contributed by atoms with Crippen molar-refractivity contribution in [3.05, 3.63) is 0 Å². The molecule has 6 nitrogen and oxygen atoms in total. The summed E-state index contributed by atoms with van der Waals surface area (Å²) < 4.78 is 47.3. The van der Waals surface area contributed by atoms with Gasteiger partial charge in [0.1, 0.15) is 12.6 Å². The molecule has 3 aliphatic rings. The number of likely N-dealkylation sites (N-methyl/N-ethyl adjacent to an activating group) is 1. The van der Waals surface area contributed by atoms with E-state index >= 15 is 0 Å². The van der Waals surface area contributed by atoms with Crippen molar-refractivity contribution in [3.8, 4) is 0 Å². The average molecular weight is 414 g/mol. The van der Waals surface area contributed by atoms with Crippen LogP contribution < -0.4 is 16.8 Å². The highest BCUT2D eigenvalue weighted by Gasteiger charge is 2.45. The fourth-order valence-electron chi connectivity index (χ4n) is 3.06. The lowest BCUT2D eigenvalue weighted by molar-refractivity contribution is -0.137. The molecule has 1 saturated heterocycles. The Morgan fingerprint density at radius 1 is 1.00 bits per heavy atom. The number of rotatable bonds is 5. The minimum absolute atomic E-state index is 0.240. The van der Waals surface area contributed by atoms with Crippen LogP contribution in [0.3, 0.4) is 0 Å². The molecule has 0 aromatic heterocycles. The van der Waals surface area contributed by atoms with Crippen molar-refractivity contribution in [1.82, 2.24) is 10.2 Å². The van der Waals surface area contributed by atoms with Gasteiger partial charge in [-0.05, 0) is 27.1 Å². The second kappa shape index (κ2) is 13.2. The van der Waals surface area contributed by atoms with Gasteiger partial charge in [-0.2, -0.15) is 0 Å². The van der Waals surface area contributed by atoms with Gasteiger partial charge in [-0.1, -0.05) is 0 Å². The number of carbonyl (C=O) groups excluding carboxylic acids is 2. The number of likely N-dealkylation sites (tertiary alicyclic amines) is 1. The fraction of sp³-hybridized carbons (Fsp3) is 0.889. The number of hydrogen-bond donors (Lipinski definition) is 3. The summed E-state index contributed by atoms with van der Waals surface area (Å²) in [4.78, 5) is 21.9. The van der Waals surface area contributed by atoms with Gasteiger partial charge < -0.3 is 31.3 Å². The molecule has 166 valence electrons. The Morgan fingerprint density at radius 2 is 1.43 bits per heavy atom. The summed E-state index contributed by atoms with van der Waals surface area (Å²) in [6, 6.07) is 0.701. The molecule has 2 aliphatic carbocycles. The van der Waals surface area contributed by atoms with Crippen molar-refractivity contribution in [2.45, 2.75) is 50.0 Å². The molecule has 0 amide bonds. The zero-order chi connectivity index (χ0) is 21.8. The molecule has 0 radical (unpaired) electrons. The first kappa shape index (κ1) is 26.9. The number of nitrogens with one attached hydrogen (secondary N) is 1. The molecule has 0 bridgehead atoms. The molecule has 0 aromatic carbocycles. The Labute approximate surface area is 164 Å². The monoisotopic (exact) mass is 414 g/mol. The highest BCUT2D eigenvalue weighted by Crippen LogP contribution is 2.41. The first-order chi connectivity index (χ1) is 13.1. The Morgan fingerprint density at radius 3 is 1.64 bits per heavy atom. The lowest BCUT2D eigenvalue weighted by Crippen LogP contribution is -2.35. The second-order valence-corrected chi connectivity index (χ2v) is 7.18. The lowest BCUT2D eigenvalue weighted by atomic mass is 9.83. The van der Waals surface area contributed by atoms with Crippen molar-refractivity contribution >= 4 is 12.6 Å². The van der Waals surface area contributed by atoms with Crippen LogP contribution in [0.4, 0.5) is 17.6 Å². The standard InChI is InChI=1S/C7H17N3.2C5H6F2O.CH5N/c1-9-7-2-4-10(6-7)5-3-8;2*6-5(7)1-4(2-5)3-8;1-2/h7,9H,2-6,8H2,1H3;2*3-4H,1-2H2;2H2,1H3. The van der Waals surface area contributed by atoms with Gasteiger partial charge in [-0.3, -0.25) is 0 Å². The lowest BCUT2D eigenvalue weighted by Gasteiger charge is -2.30. The first-order valence-corrected chi connectivity index (χ1v) is 9.48. The number of hydrogen-bond acceptors (Lipinski definition) is 6. The van der Waals surface area contributed by atoms with E-state index in [9.17, 15) is 27.2 Å². The predicted molar refractivity (Wildman–Crippen MR) is 101 cm³/mol. The zero-order valence-corrected chi connectivity index (χ0v) is 16.7. The molecule has 3 rings (SSSR count). The summed E-state index contributed by atoms with van der Waals surface area (Å²) in [5, 5.41) is 3.27. The Balaban J connectivity index is 0.000000376. The van der Waals surface area contributed by atoms with Crippen molar-refractivity contribution in [2.75, 3.05) is 40.3 Å². The van der Waals surface area contributed by atoms with Crippen molar-refractivity contribution < 1.29 is 27.2 Å². The fourth-order valence-corrected chi connectivity index (χ4v) is 3.06. The van der Waals surface area contributed by atoms with Gasteiger partial charge in [-0.25, -0.2) is 17.6 Å². The molecular weight excluding hydrogens is 380 g/mol. The topological polar surface area (TPSA) is 101 Å². The second-order valence-electron chi connectivity index (χ2n) is 7.18. The van der Waals surface area contributed by atoms with Gasteiger partial charge in [-0.15, -0.1) is 0 Å². The molecule has 5 N–H and O–H groups in total. The molecule has 1 aliphatic heterocycles. The van der Waals surface area contributed by atoms with E-state index in [1.807, 2.05) is 7.05 Å². The van der Waals surface area contributed by atoms with Gasteiger partial charge in [0.25, 0.3) is 0 Å². The van der Waals surface area contributed by atoms with E-state index in [1.54, 1.807) is 0 Å². The predicted octanol–water partition coefficient (Wildman–Crippen LogP) is 1.27. The molecular formula is C18H34F4N4O2. The molecule has 1 atom stereocenters. The molecule has 1 heterocycles. The molecule has 0 aromatic rings. The SMILES string of the molecule is CN.CNC1CCN(CCN)C1.O=CC1CC(F)(F)C1.O=CC1CC(F)(F)C1. The number of alkyl halides is 4. The zero-order valence-electron chi connectivity index (χ0n) is 16.7. The molecule has 10 heteroatoms. The van der Waals surface area contributed by atoms with Crippen molar-refractivity contribution in [1.29, 1.82) is 0 Å². The van der Waals surface area contributed by atoms with Crippen LogP contribution >= 0.6 is 0 Å². The van der Waals surface area contributed by atoms with Gasteiger partial charge in [0.2, 0.25) is 11.8 Å². The Hall–Kier alpha value is -1.10. The van der Waals surface area contributed by atoms with Gasteiger partial charge in [0.05, 0.1) is 0 Å². The normalized spacial score (nSPS) is 25.4. The number of nitrogens with two attached hydrogens (primary N) is 2. The quantitative estimate of drug-likeness (QED) is 0.463. The largest absolute Gasteiger partial charge is 0.333 e. The van der Waals surface area contributed by atoms with Gasteiger partial charge in [0, 0.05) is 63.2 Å². The molecule has 3 fully saturated rings. The van der Waals surface area contributed by atoms with Gasteiger partial charge in [0.15, 0.2) is 0 Å². The van der Waals surface area contributed by atoms with E-state index in [0.29, 0.717) is 18.6 Å². The Bertz CT molecular complexity index is 411. The molecule has 1 unspecified atom stereocenters. The summed E-state index contributed by atoms with van der Waals surface area (Å²) in [7, 11) is 3.52. The van der Waals surface area contributed by atoms with E-state index in [4.69, 9.17) is 5.73 Å². The van der Waals surface area contributed by atoms with Crippen molar-refractivity contribution in [3.63, 3.8) is 0 Å². The van der Waals surface area contributed by atoms with Crippen molar-refractivity contribution in [2.24, 2.45) is 23.3 Å². The van der Waals surface area contributed by atoms with Crippen LogP contribution in [0.1, 0.15) is 32.1 Å². The van der Waals surface area contributed by atoms with E-state index in [1.165, 1.54) is 26.6 Å². The van der Waals surface area contributed by atoms with E-state index in [0.717, 1.165) is 13.1 Å². The average Bonchev–Trinajstić information content (AvgIpc) is 3.08. The van der Waals surface area contributed by atoms with E-state index < -0.39 is 11.8 Å². The van der Waals surface area contributed by atoms with Crippen LogP contribution in [0.2, 0.25) is 0 Å². The van der Waals surface area contributed by atoms with E-state index in [2.05, 4.69) is 16.0 Å². The minimum Gasteiger partial charge on any atom is -0.333 e. The highest BCUT2D eigenvalue weighted by atomic mass is 19.3. The number of aldehydes is 2. The highest BCUT2D eigenvalue weighted by molar-refractivity contribution is 5.56. The van der Waals surface area contributed by atoms with Crippen LogP contribution in [-0.2, 0) is 9.59 Å². The number of halogens is 4. The Kier molecular flexibility index (Phi) is 12.7. The summed E-state index contributed by atoms with van der Waals surface area (Å²) in [5.41, 5.74) is 9.93. The minimum atomic E-state index is -2.54. The van der Waals surface area contributed by atoms with Gasteiger partial charge >= 0.3 is 0 Å². The maximum atomic E-state index is 11.8. The van der Waals surface area contributed by atoms with Crippen LogP contribution in [0.25, 0.3) is 0 Å². The smallest absolute Gasteiger partial charge is 0.249 e. The molecule has 28 heavy (non-hydrogen) atoms. The summed E-state index contributed by atoms with van der Waals surface area (Å²) in [5.74, 6) is -5.81. The molecule has 0 spiro atoms. The van der Waals surface area contributed by atoms with Crippen LogP contribution in [0.15, 0.2) is 0 Å². The maximum absolute atomic E-state index is 11.8. The maximum Gasteiger partial charge on any atom is 0.249 e. The summed E-state index contributed by atoms with van der Waals surface area (Å²) >= 11 is 0. The summed E-state index contributed by atoms with van der Waals surface area (Å²) in [6.45, 7) is 4.23. The third-order valence-electron chi connectivity index (χ3n) is 4.75. The third-order valence-corrected chi connectivity index (χ3v) is 4.75. The first-order valence-electron chi connectivity index (χ1n) is 9.48. The van der Waals surface area contributed by atoms with Crippen LogP contribution in [0, 0.1) is 11.8 Å². The van der Waals surface area contributed by atoms with Crippen LogP contribution in [0.5, 0.6) is 0 Å². The summed E-state index contributed by atoms with van der Waals surface area (Å²) in [6.07, 6.45) is 1.51.